The maximum atomic E-state index is 12.3. The minimum absolute atomic E-state index is 0.311. The number of nitrogens with zero attached hydrogens (tertiary/aromatic N) is 4. The van der Waals surface area contributed by atoms with Crippen molar-refractivity contribution in [2.24, 2.45) is 4.99 Å². The van der Waals surface area contributed by atoms with Gasteiger partial charge in [-0.3, -0.25) is 4.21 Å². The molecule has 168 valence electrons. The van der Waals surface area contributed by atoms with Crippen LogP contribution in [0.25, 0.3) is 0 Å². The van der Waals surface area contributed by atoms with Gasteiger partial charge in [-0.2, -0.15) is 0 Å². The molecule has 3 atom stereocenters. The van der Waals surface area contributed by atoms with Crippen molar-refractivity contribution in [3.8, 4) is 0 Å². The van der Waals surface area contributed by atoms with Crippen LogP contribution in [0.2, 0.25) is 0 Å². The van der Waals surface area contributed by atoms with E-state index in [1.807, 2.05) is 19.2 Å². The Hall–Kier alpha value is -1.67. The second-order valence-electron chi connectivity index (χ2n) is 8.27. The van der Waals surface area contributed by atoms with E-state index in [1.165, 1.54) is 0 Å². The van der Waals surface area contributed by atoms with Crippen molar-refractivity contribution in [1.29, 1.82) is 0 Å². The molecule has 2 aliphatic rings. The van der Waals surface area contributed by atoms with Gasteiger partial charge in [0.05, 0.1) is 6.54 Å². The highest BCUT2D eigenvalue weighted by Gasteiger charge is 2.26. The van der Waals surface area contributed by atoms with E-state index in [4.69, 9.17) is 4.99 Å². The number of nitrogens with one attached hydrogen (secondary N) is 2. The Kier molecular flexibility index (Phi) is 8.93. The lowest BCUT2D eigenvalue weighted by molar-refractivity contribution is 0.312. The fourth-order valence-electron chi connectivity index (χ4n) is 4.28. The molecule has 7 nitrogen and oxygen atoms in total. The standard InChI is InChI=1S/C22H38N6OS/c1-4-23-22(26-19-9-6-10-20(16-19)30(29)5-2)25-17-18-8-7-11-24-21(18)28-14-12-27(3)13-15-28/h7-8,11,19-20H,4-6,9-10,12-17H2,1-3H3,(H2,23,25,26). The molecule has 1 saturated heterocycles. The molecular formula is C22H38N6OS. The zero-order valence-electron chi connectivity index (χ0n) is 18.8. The molecule has 0 amide bonds. The van der Waals surface area contributed by atoms with Crippen LogP contribution in [0.5, 0.6) is 0 Å². The molecule has 0 spiro atoms. The van der Waals surface area contributed by atoms with Gasteiger partial charge in [0, 0.05) is 72.3 Å². The molecular weight excluding hydrogens is 396 g/mol. The zero-order valence-corrected chi connectivity index (χ0v) is 19.6. The fourth-order valence-corrected chi connectivity index (χ4v) is 5.63. The van der Waals surface area contributed by atoms with Gasteiger partial charge in [0.25, 0.3) is 0 Å². The van der Waals surface area contributed by atoms with E-state index in [0.29, 0.717) is 17.8 Å². The van der Waals surface area contributed by atoms with Gasteiger partial charge in [-0.1, -0.05) is 19.4 Å². The Morgan fingerprint density at radius 1 is 1.27 bits per heavy atom. The van der Waals surface area contributed by atoms with Gasteiger partial charge in [-0.05, 0) is 39.3 Å². The smallest absolute Gasteiger partial charge is 0.191 e. The first-order valence-electron chi connectivity index (χ1n) is 11.4. The summed E-state index contributed by atoms with van der Waals surface area (Å²) in [5.41, 5.74) is 1.16. The normalized spacial score (nSPS) is 24.5. The summed E-state index contributed by atoms with van der Waals surface area (Å²) in [6, 6.07) is 4.47. The molecule has 0 radical (unpaired) electrons. The minimum Gasteiger partial charge on any atom is -0.357 e. The molecule has 1 aliphatic carbocycles. The molecule has 2 fully saturated rings. The summed E-state index contributed by atoms with van der Waals surface area (Å²) in [5.74, 6) is 2.65. The third-order valence-corrected chi connectivity index (χ3v) is 7.79. The van der Waals surface area contributed by atoms with Crippen LogP contribution >= 0.6 is 0 Å². The van der Waals surface area contributed by atoms with Crippen LogP contribution in [0.1, 0.15) is 45.1 Å². The highest BCUT2D eigenvalue weighted by Crippen LogP contribution is 2.23. The number of pyridine rings is 1. The fraction of sp³-hybridized carbons (Fsp3) is 0.727. The molecule has 30 heavy (non-hydrogen) atoms. The number of aromatic nitrogens is 1. The van der Waals surface area contributed by atoms with Crippen LogP contribution in [0, 0.1) is 0 Å². The number of rotatable bonds is 7. The average Bonchev–Trinajstić information content (AvgIpc) is 2.78. The first-order valence-corrected chi connectivity index (χ1v) is 12.8. The lowest BCUT2D eigenvalue weighted by Gasteiger charge is -2.34. The predicted molar refractivity (Wildman–Crippen MR) is 127 cm³/mol. The van der Waals surface area contributed by atoms with Crippen molar-refractivity contribution >= 4 is 22.6 Å². The molecule has 1 aromatic rings. The topological polar surface area (TPSA) is 72.9 Å². The monoisotopic (exact) mass is 434 g/mol. The van der Waals surface area contributed by atoms with Crippen LogP contribution in [-0.4, -0.2) is 76.9 Å². The zero-order chi connectivity index (χ0) is 21.3. The lowest BCUT2D eigenvalue weighted by Crippen LogP contribution is -2.46. The Morgan fingerprint density at radius 3 is 2.80 bits per heavy atom. The van der Waals surface area contributed by atoms with Gasteiger partial charge in [-0.15, -0.1) is 0 Å². The summed E-state index contributed by atoms with van der Waals surface area (Å²) >= 11 is 0. The van der Waals surface area contributed by atoms with Crippen molar-refractivity contribution in [2.45, 2.75) is 57.4 Å². The number of hydrogen-bond donors (Lipinski definition) is 2. The highest BCUT2D eigenvalue weighted by molar-refractivity contribution is 7.85. The van der Waals surface area contributed by atoms with Gasteiger partial charge in [0.15, 0.2) is 5.96 Å². The number of anilines is 1. The Balaban J connectivity index is 1.66. The van der Waals surface area contributed by atoms with Crippen molar-refractivity contribution in [3.63, 3.8) is 0 Å². The van der Waals surface area contributed by atoms with Crippen molar-refractivity contribution < 1.29 is 4.21 Å². The van der Waals surface area contributed by atoms with Crippen molar-refractivity contribution in [1.82, 2.24) is 20.5 Å². The minimum atomic E-state index is -0.712. The molecule has 1 aromatic heterocycles. The number of likely N-dealkylation sites (N-methyl/N-ethyl adjacent to an activating group) is 1. The van der Waals surface area contributed by atoms with E-state index in [-0.39, 0.29) is 0 Å². The summed E-state index contributed by atoms with van der Waals surface area (Å²) < 4.78 is 12.3. The molecule has 1 aliphatic heterocycles. The lowest BCUT2D eigenvalue weighted by atomic mass is 9.95. The maximum absolute atomic E-state index is 12.3. The number of piperazine rings is 1. The van der Waals surface area contributed by atoms with E-state index in [1.54, 1.807) is 0 Å². The van der Waals surface area contributed by atoms with Gasteiger partial charge in [0.1, 0.15) is 5.82 Å². The molecule has 2 N–H and O–H groups in total. The largest absolute Gasteiger partial charge is 0.357 e. The predicted octanol–water partition coefficient (Wildman–Crippen LogP) is 1.97. The van der Waals surface area contributed by atoms with E-state index < -0.39 is 10.8 Å². The van der Waals surface area contributed by atoms with Crippen LogP contribution in [0.4, 0.5) is 5.82 Å². The molecule has 8 heteroatoms. The van der Waals surface area contributed by atoms with Crippen molar-refractivity contribution in [3.05, 3.63) is 23.9 Å². The van der Waals surface area contributed by atoms with Crippen LogP contribution < -0.4 is 15.5 Å². The van der Waals surface area contributed by atoms with E-state index in [9.17, 15) is 4.21 Å². The first kappa shape index (κ1) is 23.0. The number of aliphatic imine (C=N–C) groups is 1. The third kappa shape index (κ3) is 6.41. The summed E-state index contributed by atoms with van der Waals surface area (Å²) in [7, 11) is 1.46. The van der Waals surface area contributed by atoms with E-state index in [2.05, 4.69) is 45.5 Å². The molecule has 0 aromatic carbocycles. The van der Waals surface area contributed by atoms with Crippen LogP contribution in [0.15, 0.2) is 23.3 Å². The summed E-state index contributed by atoms with van der Waals surface area (Å²) in [6.45, 7) is 9.65. The van der Waals surface area contributed by atoms with Gasteiger partial charge < -0.3 is 20.4 Å². The van der Waals surface area contributed by atoms with Gasteiger partial charge >= 0.3 is 0 Å². The van der Waals surface area contributed by atoms with E-state index in [0.717, 1.165) is 81.5 Å². The number of guanidine groups is 1. The Bertz CT molecular complexity index is 719. The maximum Gasteiger partial charge on any atom is 0.191 e. The summed E-state index contributed by atoms with van der Waals surface area (Å²) in [6.07, 6.45) is 6.16. The van der Waals surface area contributed by atoms with Gasteiger partial charge in [-0.25, -0.2) is 9.98 Å². The van der Waals surface area contributed by atoms with Gasteiger partial charge in [0.2, 0.25) is 0 Å². The SMILES string of the molecule is CCNC(=NCc1cccnc1N1CCN(C)CC1)NC1CCCC(S(=O)CC)C1. The van der Waals surface area contributed by atoms with Crippen molar-refractivity contribution in [2.75, 3.05) is 50.4 Å². The average molecular weight is 435 g/mol. The molecule has 0 bridgehead atoms. The van der Waals surface area contributed by atoms with Crippen LogP contribution in [-0.2, 0) is 17.3 Å². The second kappa shape index (κ2) is 11.6. The third-order valence-electron chi connectivity index (χ3n) is 6.05. The summed E-state index contributed by atoms with van der Waals surface area (Å²) in [4.78, 5) is 14.3. The highest BCUT2D eigenvalue weighted by atomic mass is 32.2. The Labute approximate surface area is 184 Å². The molecule has 3 rings (SSSR count). The second-order valence-corrected chi connectivity index (χ2v) is 10.3. The first-order chi connectivity index (χ1) is 14.6. The van der Waals surface area contributed by atoms with Crippen LogP contribution in [0.3, 0.4) is 0 Å². The molecule has 3 unspecified atom stereocenters. The number of hydrogen-bond acceptors (Lipinski definition) is 5. The Morgan fingerprint density at radius 2 is 2.07 bits per heavy atom. The quantitative estimate of drug-likeness (QED) is 0.505. The molecule has 2 heterocycles. The van der Waals surface area contributed by atoms with E-state index >= 15 is 0 Å². The summed E-state index contributed by atoms with van der Waals surface area (Å²) in [5, 5.41) is 7.30. The molecule has 1 saturated carbocycles.